The molecule has 5 heteroatoms. The Morgan fingerprint density at radius 2 is 1.86 bits per heavy atom. The van der Waals surface area contributed by atoms with Gasteiger partial charge >= 0.3 is 0 Å². The van der Waals surface area contributed by atoms with Gasteiger partial charge < -0.3 is 14.8 Å². The van der Waals surface area contributed by atoms with Crippen molar-refractivity contribution in [3.63, 3.8) is 0 Å². The molecule has 0 radical (unpaired) electrons. The van der Waals surface area contributed by atoms with Gasteiger partial charge in [0.2, 0.25) is 0 Å². The average Bonchev–Trinajstić information content (AvgIpc) is 2.70. The Morgan fingerprint density at radius 1 is 1.14 bits per heavy atom. The molecule has 1 N–H and O–H groups in total. The van der Waals surface area contributed by atoms with Crippen LogP contribution in [0.2, 0.25) is 0 Å². The first kappa shape index (κ1) is 20.4. The number of hydrogen-bond acceptors (Lipinski definition) is 4. The summed E-state index contributed by atoms with van der Waals surface area (Å²) in [4.78, 5) is 14.9. The van der Waals surface area contributed by atoms with Crippen LogP contribution in [0.25, 0.3) is 0 Å². The third-order valence-corrected chi connectivity index (χ3v) is 5.20. The largest absolute Gasteiger partial charge is 0.481 e. The highest BCUT2D eigenvalue weighted by Gasteiger charge is 2.16. The predicted molar refractivity (Wildman–Crippen MR) is 110 cm³/mol. The van der Waals surface area contributed by atoms with Crippen molar-refractivity contribution in [2.45, 2.75) is 40.0 Å². The molecule has 5 nitrogen and oxygen atoms in total. The molecule has 0 aliphatic carbocycles. The molecule has 1 fully saturated rings. The van der Waals surface area contributed by atoms with E-state index in [0.717, 1.165) is 55.3 Å². The standard InChI is InChI=1S/C23H30N2O3/c1-17-6-4-9-22(18(17)2)28-19(3)23(26)24-15-20-7-5-8-21(14-20)16-25-10-12-27-13-11-25/h4-9,14,19H,10-13,15-16H2,1-3H3,(H,24,26)/t19-/m1/s1. The maximum absolute atomic E-state index is 12.5. The lowest BCUT2D eigenvalue weighted by Gasteiger charge is -2.26. The molecule has 2 aromatic rings. The summed E-state index contributed by atoms with van der Waals surface area (Å²) in [6, 6.07) is 14.3. The molecule has 0 bridgehead atoms. The van der Waals surface area contributed by atoms with Gasteiger partial charge in [0.1, 0.15) is 5.75 Å². The van der Waals surface area contributed by atoms with E-state index in [-0.39, 0.29) is 5.91 Å². The lowest BCUT2D eigenvalue weighted by Crippen LogP contribution is -2.36. The van der Waals surface area contributed by atoms with Crippen molar-refractivity contribution in [2.75, 3.05) is 26.3 Å². The van der Waals surface area contributed by atoms with Crippen LogP contribution in [0, 0.1) is 13.8 Å². The van der Waals surface area contributed by atoms with Crippen LogP contribution < -0.4 is 10.1 Å². The molecular formula is C23H30N2O3. The zero-order valence-corrected chi connectivity index (χ0v) is 17.0. The molecule has 1 amide bonds. The lowest BCUT2D eigenvalue weighted by molar-refractivity contribution is -0.127. The van der Waals surface area contributed by atoms with E-state index >= 15 is 0 Å². The van der Waals surface area contributed by atoms with E-state index in [1.165, 1.54) is 5.56 Å². The molecule has 150 valence electrons. The minimum absolute atomic E-state index is 0.112. The molecule has 2 aromatic carbocycles. The second kappa shape index (κ2) is 9.71. The van der Waals surface area contributed by atoms with Gasteiger partial charge in [0.05, 0.1) is 13.2 Å². The summed E-state index contributed by atoms with van der Waals surface area (Å²) in [5.41, 5.74) is 4.58. The highest BCUT2D eigenvalue weighted by atomic mass is 16.5. The van der Waals surface area contributed by atoms with Gasteiger partial charge in [0.25, 0.3) is 5.91 Å². The van der Waals surface area contributed by atoms with Crippen LogP contribution in [0.15, 0.2) is 42.5 Å². The van der Waals surface area contributed by atoms with Gasteiger partial charge in [0.15, 0.2) is 6.10 Å². The fraction of sp³-hybridized carbons (Fsp3) is 0.435. The molecule has 1 aliphatic rings. The molecule has 0 saturated carbocycles. The fourth-order valence-electron chi connectivity index (χ4n) is 3.28. The summed E-state index contributed by atoms with van der Waals surface area (Å²) in [6.45, 7) is 10.8. The van der Waals surface area contributed by atoms with Crippen LogP contribution in [0.5, 0.6) is 5.75 Å². The quantitative estimate of drug-likeness (QED) is 0.799. The number of aryl methyl sites for hydroxylation is 1. The zero-order valence-electron chi connectivity index (χ0n) is 17.0. The van der Waals surface area contributed by atoms with E-state index in [1.807, 2.05) is 44.2 Å². The maximum atomic E-state index is 12.5. The summed E-state index contributed by atoms with van der Waals surface area (Å²) in [7, 11) is 0. The number of benzene rings is 2. The number of rotatable bonds is 7. The first-order valence-corrected chi connectivity index (χ1v) is 9.91. The number of hydrogen-bond donors (Lipinski definition) is 1. The van der Waals surface area contributed by atoms with Crippen molar-refractivity contribution in [3.05, 3.63) is 64.7 Å². The minimum atomic E-state index is -0.544. The van der Waals surface area contributed by atoms with Crippen LogP contribution >= 0.6 is 0 Å². The monoisotopic (exact) mass is 382 g/mol. The van der Waals surface area contributed by atoms with E-state index in [0.29, 0.717) is 6.54 Å². The Balaban J connectivity index is 1.52. The Labute approximate surface area is 167 Å². The van der Waals surface area contributed by atoms with Gasteiger partial charge in [-0.05, 0) is 49.1 Å². The van der Waals surface area contributed by atoms with Crippen LogP contribution in [0.4, 0.5) is 0 Å². The van der Waals surface area contributed by atoms with Crippen LogP contribution in [0.3, 0.4) is 0 Å². The summed E-state index contributed by atoms with van der Waals surface area (Å²) < 4.78 is 11.3. The van der Waals surface area contributed by atoms with Crippen molar-refractivity contribution in [1.82, 2.24) is 10.2 Å². The first-order chi connectivity index (χ1) is 13.5. The van der Waals surface area contributed by atoms with Crippen LogP contribution in [-0.2, 0) is 22.6 Å². The van der Waals surface area contributed by atoms with Crippen molar-refractivity contribution >= 4 is 5.91 Å². The third-order valence-electron chi connectivity index (χ3n) is 5.20. The van der Waals surface area contributed by atoms with Gasteiger partial charge in [0, 0.05) is 26.2 Å². The van der Waals surface area contributed by atoms with E-state index in [4.69, 9.17) is 9.47 Å². The number of amides is 1. The van der Waals surface area contributed by atoms with Crippen molar-refractivity contribution in [2.24, 2.45) is 0 Å². The minimum Gasteiger partial charge on any atom is -0.481 e. The Hall–Kier alpha value is -2.37. The molecular weight excluding hydrogens is 352 g/mol. The van der Waals surface area contributed by atoms with Crippen molar-refractivity contribution in [1.29, 1.82) is 0 Å². The number of carbonyl (C=O) groups is 1. The number of nitrogens with zero attached hydrogens (tertiary/aromatic N) is 1. The SMILES string of the molecule is Cc1cccc(O[C@H](C)C(=O)NCc2cccc(CN3CCOCC3)c2)c1C. The number of morpholine rings is 1. The van der Waals surface area contributed by atoms with Gasteiger partial charge in [-0.15, -0.1) is 0 Å². The second-order valence-electron chi connectivity index (χ2n) is 7.38. The molecule has 0 aromatic heterocycles. The summed E-state index contributed by atoms with van der Waals surface area (Å²) in [5, 5.41) is 2.99. The van der Waals surface area contributed by atoms with Gasteiger partial charge in [-0.3, -0.25) is 9.69 Å². The fourth-order valence-corrected chi connectivity index (χ4v) is 3.28. The zero-order chi connectivity index (χ0) is 19.9. The van der Waals surface area contributed by atoms with Gasteiger partial charge in [-0.2, -0.15) is 0 Å². The van der Waals surface area contributed by atoms with Crippen LogP contribution in [0.1, 0.15) is 29.2 Å². The normalized spacial score (nSPS) is 15.8. The maximum Gasteiger partial charge on any atom is 0.261 e. The molecule has 1 atom stereocenters. The molecule has 3 rings (SSSR count). The average molecular weight is 383 g/mol. The summed E-state index contributed by atoms with van der Waals surface area (Å²) >= 11 is 0. The van der Waals surface area contributed by atoms with Gasteiger partial charge in [-0.1, -0.05) is 36.4 Å². The molecule has 1 heterocycles. The Bertz CT molecular complexity index is 800. The molecule has 0 spiro atoms. The van der Waals surface area contributed by atoms with Crippen molar-refractivity contribution in [3.8, 4) is 5.75 Å². The topological polar surface area (TPSA) is 50.8 Å². The van der Waals surface area contributed by atoms with Crippen LogP contribution in [-0.4, -0.2) is 43.2 Å². The number of nitrogens with one attached hydrogen (secondary N) is 1. The smallest absolute Gasteiger partial charge is 0.261 e. The predicted octanol–water partition coefficient (Wildman–Crippen LogP) is 3.22. The van der Waals surface area contributed by atoms with E-state index in [9.17, 15) is 4.79 Å². The van der Waals surface area contributed by atoms with Crippen molar-refractivity contribution < 1.29 is 14.3 Å². The highest BCUT2D eigenvalue weighted by molar-refractivity contribution is 5.80. The molecule has 1 saturated heterocycles. The molecule has 0 unspecified atom stereocenters. The summed E-state index contributed by atoms with van der Waals surface area (Å²) in [6.07, 6.45) is -0.544. The van der Waals surface area contributed by atoms with E-state index in [2.05, 4.69) is 22.3 Å². The Kier molecular flexibility index (Phi) is 7.06. The second-order valence-corrected chi connectivity index (χ2v) is 7.38. The Morgan fingerprint density at radius 3 is 2.64 bits per heavy atom. The van der Waals surface area contributed by atoms with E-state index < -0.39 is 6.10 Å². The lowest BCUT2D eigenvalue weighted by atomic mass is 10.1. The summed E-state index contributed by atoms with van der Waals surface area (Å²) in [5.74, 6) is 0.648. The third kappa shape index (κ3) is 5.57. The molecule has 28 heavy (non-hydrogen) atoms. The first-order valence-electron chi connectivity index (χ1n) is 9.91. The highest BCUT2D eigenvalue weighted by Crippen LogP contribution is 2.21. The van der Waals surface area contributed by atoms with Gasteiger partial charge in [-0.25, -0.2) is 0 Å². The number of ether oxygens (including phenoxy) is 2. The molecule has 1 aliphatic heterocycles. The number of carbonyl (C=O) groups excluding carboxylic acids is 1. The van der Waals surface area contributed by atoms with E-state index in [1.54, 1.807) is 6.92 Å².